The maximum atomic E-state index is 12.9. The average Bonchev–Trinajstić information content (AvgIpc) is 2.66. The maximum Gasteiger partial charge on any atom is 0.329 e. The van der Waals surface area contributed by atoms with Crippen molar-refractivity contribution in [3.8, 4) is 0 Å². The van der Waals surface area contributed by atoms with Gasteiger partial charge in [0.15, 0.2) is 6.61 Å². The molecule has 0 saturated heterocycles. The van der Waals surface area contributed by atoms with Gasteiger partial charge >= 0.3 is 12.0 Å². The van der Waals surface area contributed by atoms with Crippen molar-refractivity contribution in [2.45, 2.75) is 19.9 Å². The molecule has 148 valence electrons. The van der Waals surface area contributed by atoms with E-state index in [-0.39, 0.29) is 5.92 Å². The fourth-order valence-corrected chi connectivity index (χ4v) is 2.28. The molecule has 0 aliphatic heterocycles. The van der Waals surface area contributed by atoms with E-state index in [9.17, 15) is 18.8 Å². The molecule has 0 aliphatic rings. The number of ether oxygens (including phenoxy) is 1. The van der Waals surface area contributed by atoms with Crippen LogP contribution in [0.15, 0.2) is 54.6 Å². The molecule has 0 fully saturated rings. The Morgan fingerprint density at radius 3 is 2.14 bits per heavy atom. The van der Waals surface area contributed by atoms with Gasteiger partial charge in [-0.05, 0) is 42.3 Å². The molecular formula is C20H22FN3O4. The Bertz CT molecular complexity index is 810. The summed E-state index contributed by atoms with van der Waals surface area (Å²) in [5.41, 5.74) is 0.956. The Morgan fingerprint density at radius 1 is 0.929 bits per heavy atom. The number of para-hydroxylation sites is 1. The van der Waals surface area contributed by atoms with Crippen LogP contribution in [0.1, 0.15) is 13.8 Å². The third-order valence-corrected chi connectivity index (χ3v) is 3.71. The molecule has 2 aromatic carbocycles. The second-order valence-electron chi connectivity index (χ2n) is 6.35. The highest BCUT2D eigenvalue weighted by Gasteiger charge is 2.26. The fourth-order valence-electron chi connectivity index (χ4n) is 2.28. The molecule has 2 aromatic rings. The van der Waals surface area contributed by atoms with Crippen molar-refractivity contribution in [2.75, 3.05) is 17.2 Å². The average molecular weight is 387 g/mol. The summed E-state index contributed by atoms with van der Waals surface area (Å²) >= 11 is 0. The van der Waals surface area contributed by atoms with Crippen LogP contribution >= 0.6 is 0 Å². The minimum Gasteiger partial charge on any atom is -0.454 e. The molecule has 2 rings (SSSR count). The summed E-state index contributed by atoms with van der Waals surface area (Å²) in [6, 6.07) is 12.5. The van der Waals surface area contributed by atoms with Gasteiger partial charge in [0.2, 0.25) is 0 Å². The lowest BCUT2D eigenvalue weighted by molar-refractivity contribution is -0.150. The van der Waals surface area contributed by atoms with E-state index in [1.165, 1.54) is 24.3 Å². The predicted octanol–water partition coefficient (Wildman–Crippen LogP) is 3.15. The Labute approximate surface area is 162 Å². The molecule has 0 unspecified atom stereocenters. The van der Waals surface area contributed by atoms with Crippen LogP contribution in [0.25, 0.3) is 0 Å². The highest BCUT2D eigenvalue weighted by Crippen LogP contribution is 2.09. The Balaban J connectivity index is 1.85. The van der Waals surface area contributed by atoms with Crippen molar-refractivity contribution in [1.29, 1.82) is 0 Å². The molecule has 0 saturated carbocycles. The minimum atomic E-state index is -0.928. The number of carbonyl (C=O) groups excluding carboxylic acids is 3. The van der Waals surface area contributed by atoms with Crippen LogP contribution < -0.4 is 16.0 Å². The zero-order valence-electron chi connectivity index (χ0n) is 15.6. The van der Waals surface area contributed by atoms with Gasteiger partial charge in [0.1, 0.15) is 11.9 Å². The molecule has 3 N–H and O–H groups in total. The van der Waals surface area contributed by atoms with Crippen LogP contribution in [-0.4, -0.2) is 30.6 Å². The zero-order chi connectivity index (χ0) is 20.5. The van der Waals surface area contributed by atoms with E-state index in [1.807, 2.05) is 6.07 Å². The van der Waals surface area contributed by atoms with Crippen molar-refractivity contribution < 1.29 is 23.5 Å². The number of halogens is 1. The van der Waals surface area contributed by atoms with Crippen LogP contribution in [0.3, 0.4) is 0 Å². The van der Waals surface area contributed by atoms with Crippen LogP contribution in [-0.2, 0) is 14.3 Å². The van der Waals surface area contributed by atoms with Crippen LogP contribution in [0.4, 0.5) is 20.6 Å². The molecule has 3 amide bonds. The first kappa shape index (κ1) is 20.9. The first-order valence-corrected chi connectivity index (χ1v) is 8.70. The van der Waals surface area contributed by atoms with Crippen LogP contribution in [0, 0.1) is 11.7 Å². The van der Waals surface area contributed by atoms with Crippen molar-refractivity contribution in [3.05, 3.63) is 60.4 Å². The van der Waals surface area contributed by atoms with E-state index in [2.05, 4.69) is 16.0 Å². The lowest BCUT2D eigenvalue weighted by Crippen LogP contribution is -2.47. The smallest absolute Gasteiger partial charge is 0.329 e. The first-order valence-electron chi connectivity index (χ1n) is 8.70. The zero-order valence-corrected chi connectivity index (χ0v) is 15.6. The second kappa shape index (κ2) is 10.1. The number of anilines is 2. The molecule has 0 spiro atoms. The molecule has 7 nitrogen and oxygen atoms in total. The highest BCUT2D eigenvalue weighted by molar-refractivity contribution is 5.95. The van der Waals surface area contributed by atoms with E-state index in [4.69, 9.17) is 4.74 Å². The van der Waals surface area contributed by atoms with E-state index >= 15 is 0 Å². The summed E-state index contributed by atoms with van der Waals surface area (Å²) in [6.45, 7) is 2.96. The Morgan fingerprint density at radius 2 is 1.54 bits per heavy atom. The largest absolute Gasteiger partial charge is 0.454 e. The summed E-state index contributed by atoms with van der Waals surface area (Å²) < 4.78 is 17.9. The molecule has 28 heavy (non-hydrogen) atoms. The lowest BCUT2D eigenvalue weighted by atomic mass is 10.1. The summed E-state index contributed by atoms with van der Waals surface area (Å²) in [5.74, 6) is -1.98. The Hall–Kier alpha value is -3.42. The van der Waals surface area contributed by atoms with E-state index in [1.54, 1.807) is 38.1 Å². The highest BCUT2D eigenvalue weighted by atomic mass is 19.1. The number of hydrogen-bond acceptors (Lipinski definition) is 4. The van der Waals surface area contributed by atoms with Gasteiger partial charge in [0.25, 0.3) is 5.91 Å². The quantitative estimate of drug-likeness (QED) is 0.636. The molecule has 0 radical (unpaired) electrons. The number of rotatable bonds is 7. The van der Waals surface area contributed by atoms with Gasteiger partial charge in [-0.2, -0.15) is 0 Å². The predicted molar refractivity (Wildman–Crippen MR) is 103 cm³/mol. The van der Waals surface area contributed by atoms with Crippen LogP contribution in [0.2, 0.25) is 0 Å². The van der Waals surface area contributed by atoms with Crippen molar-refractivity contribution in [3.63, 3.8) is 0 Å². The van der Waals surface area contributed by atoms with E-state index in [0.717, 1.165) is 0 Å². The molecule has 0 bridgehead atoms. The fraction of sp³-hybridized carbons (Fsp3) is 0.250. The normalized spacial score (nSPS) is 11.4. The number of hydrogen-bond donors (Lipinski definition) is 3. The van der Waals surface area contributed by atoms with Crippen molar-refractivity contribution in [1.82, 2.24) is 5.32 Å². The first-order chi connectivity index (χ1) is 13.3. The standard InChI is InChI=1S/C20H22FN3O4/c1-13(2)18(24-20(27)23-15-6-4-3-5-7-15)19(26)28-12-17(25)22-16-10-8-14(21)9-11-16/h3-11,13,18H,12H2,1-2H3,(H,22,25)(H2,23,24,27)/t18-/m0/s1. The van der Waals surface area contributed by atoms with Gasteiger partial charge in [-0.1, -0.05) is 32.0 Å². The SMILES string of the molecule is CC(C)[C@H](NC(=O)Nc1ccccc1)C(=O)OCC(=O)Nc1ccc(F)cc1. The van der Waals surface area contributed by atoms with Gasteiger partial charge in [0, 0.05) is 11.4 Å². The number of carbonyl (C=O) groups is 3. The third kappa shape index (κ3) is 6.71. The van der Waals surface area contributed by atoms with Gasteiger partial charge in [-0.15, -0.1) is 0 Å². The van der Waals surface area contributed by atoms with Gasteiger partial charge in [-0.25, -0.2) is 14.0 Å². The van der Waals surface area contributed by atoms with E-state index in [0.29, 0.717) is 11.4 Å². The minimum absolute atomic E-state index is 0.255. The molecule has 1 atom stereocenters. The van der Waals surface area contributed by atoms with Crippen molar-refractivity contribution in [2.24, 2.45) is 5.92 Å². The second-order valence-corrected chi connectivity index (χ2v) is 6.35. The third-order valence-electron chi connectivity index (χ3n) is 3.71. The van der Waals surface area contributed by atoms with Crippen LogP contribution in [0.5, 0.6) is 0 Å². The number of nitrogens with one attached hydrogen (secondary N) is 3. The molecular weight excluding hydrogens is 365 g/mol. The summed E-state index contributed by atoms with van der Waals surface area (Å²) in [4.78, 5) is 36.3. The molecule has 0 aliphatic carbocycles. The summed E-state index contributed by atoms with van der Waals surface area (Å²) in [5, 5.41) is 7.65. The number of urea groups is 1. The monoisotopic (exact) mass is 387 g/mol. The van der Waals surface area contributed by atoms with E-state index < -0.39 is 36.4 Å². The topological polar surface area (TPSA) is 96.5 Å². The molecule has 8 heteroatoms. The summed E-state index contributed by atoms with van der Waals surface area (Å²) in [6.07, 6.45) is 0. The molecule has 0 aromatic heterocycles. The van der Waals surface area contributed by atoms with Gasteiger partial charge in [0.05, 0.1) is 0 Å². The van der Waals surface area contributed by atoms with Crippen molar-refractivity contribution >= 4 is 29.3 Å². The van der Waals surface area contributed by atoms with Gasteiger partial charge in [-0.3, -0.25) is 4.79 Å². The number of benzene rings is 2. The Kier molecular flexibility index (Phi) is 7.50. The maximum absolute atomic E-state index is 12.9. The van der Waals surface area contributed by atoms with Gasteiger partial charge < -0.3 is 20.7 Å². The molecule has 0 heterocycles. The summed E-state index contributed by atoms with van der Waals surface area (Å²) in [7, 11) is 0. The number of amides is 3. The lowest BCUT2D eigenvalue weighted by Gasteiger charge is -2.21. The number of esters is 1.